The van der Waals surface area contributed by atoms with Crippen molar-refractivity contribution in [2.45, 2.75) is 38.8 Å². The highest BCUT2D eigenvalue weighted by Crippen LogP contribution is 2.25. The van der Waals surface area contributed by atoms with Gasteiger partial charge in [-0.05, 0) is 45.0 Å². The van der Waals surface area contributed by atoms with Crippen LogP contribution in [0.15, 0.2) is 24.3 Å². The summed E-state index contributed by atoms with van der Waals surface area (Å²) in [5, 5.41) is 0. The fraction of sp³-hybridized carbons (Fsp3) is 0.625. The Kier molecular flexibility index (Phi) is 4.16. The van der Waals surface area contributed by atoms with Crippen LogP contribution >= 0.6 is 0 Å². The maximum absolute atomic E-state index is 6.06. The summed E-state index contributed by atoms with van der Waals surface area (Å²) in [6, 6.07) is 8.94. The van der Waals surface area contributed by atoms with Crippen molar-refractivity contribution >= 4 is 5.69 Å². The second kappa shape index (κ2) is 5.51. The van der Waals surface area contributed by atoms with Gasteiger partial charge in [0.2, 0.25) is 0 Å². The lowest BCUT2D eigenvalue weighted by atomic mass is 9.98. The molecule has 0 saturated carbocycles. The molecule has 2 rings (SSSR count). The third kappa shape index (κ3) is 3.10. The van der Waals surface area contributed by atoms with Gasteiger partial charge in [-0.3, -0.25) is 4.90 Å². The molecule has 3 nitrogen and oxygen atoms in total. The third-order valence-corrected chi connectivity index (χ3v) is 4.44. The maximum atomic E-state index is 6.06. The molecule has 1 aliphatic rings. The van der Waals surface area contributed by atoms with Gasteiger partial charge in [-0.15, -0.1) is 0 Å². The Morgan fingerprint density at radius 3 is 2.37 bits per heavy atom. The van der Waals surface area contributed by atoms with Gasteiger partial charge in [-0.25, -0.2) is 0 Å². The zero-order valence-corrected chi connectivity index (χ0v) is 12.7. The molecule has 1 aromatic rings. The smallest absolute Gasteiger partial charge is 0.0367 e. The Labute approximate surface area is 117 Å². The van der Waals surface area contributed by atoms with E-state index in [1.165, 1.54) is 11.3 Å². The molecular formula is C16H27N3. The zero-order chi connectivity index (χ0) is 14.0. The molecule has 0 aliphatic carbocycles. The van der Waals surface area contributed by atoms with Gasteiger partial charge >= 0.3 is 0 Å². The van der Waals surface area contributed by atoms with Crippen LogP contribution in [0.2, 0.25) is 0 Å². The Balaban J connectivity index is 2.10. The minimum Gasteiger partial charge on any atom is -0.368 e. The minimum absolute atomic E-state index is 0.165. The van der Waals surface area contributed by atoms with Crippen LogP contribution < -0.4 is 10.6 Å². The summed E-state index contributed by atoms with van der Waals surface area (Å²) in [4.78, 5) is 4.91. The molecule has 106 valence electrons. The van der Waals surface area contributed by atoms with Crippen LogP contribution in [-0.2, 0) is 0 Å². The molecule has 1 saturated heterocycles. The second-order valence-corrected chi connectivity index (χ2v) is 6.26. The molecule has 0 bridgehead atoms. The summed E-state index contributed by atoms with van der Waals surface area (Å²) in [5.41, 5.74) is 8.85. The van der Waals surface area contributed by atoms with Crippen LogP contribution in [0, 0.1) is 0 Å². The molecule has 1 aromatic carbocycles. The largest absolute Gasteiger partial charge is 0.368 e. The number of hydrogen-bond donors (Lipinski definition) is 1. The number of piperazine rings is 1. The summed E-state index contributed by atoms with van der Waals surface area (Å²) in [5.74, 6) is 0. The molecule has 19 heavy (non-hydrogen) atoms. The first-order valence-electron chi connectivity index (χ1n) is 7.26. The first-order valence-corrected chi connectivity index (χ1v) is 7.26. The predicted octanol–water partition coefficient (Wildman–Crippen LogP) is 2.63. The Morgan fingerprint density at radius 1 is 1.21 bits per heavy atom. The molecular weight excluding hydrogens is 234 g/mol. The highest BCUT2D eigenvalue weighted by atomic mass is 15.3. The van der Waals surface area contributed by atoms with E-state index in [0.29, 0.717) is 0 Å². The van der Waals surface area contributed by atoms with E-state index in [0.717, 1.165) is 26.1 Å². The van der Waals surface area contributed by atoms with Crippen LogP contribution in [0.5, 0.6) is 0 Å². The van der Waals surface area contributed by atoms with Crippen LogP contribution in [0.3, 0.4) is 0 Å². The van der Waals surface area contributed by atoms with Crippen molar-refractivity contribution < 1.29 is 0 Å². The van der Waals surface area contributed by atoms with Crippen molar-refractivity contribution in [3.8, 4) is 0 Å². The summed E-state index contributed by atoms with van der Waals surface area (Å²) in [6.45, 7) is 10.0. The molecule has 2 N–H and O–H groups in total. The van der Waals surface area contributed by atoms with Crippen LogP contribution in [-0.4, -0.2) is 37.1 Å². The molecule has 0 spiro atoms. The van der Waals surface area contributed by atoms with Crippen molar-refractivity contribution in [1.82, 2.24) is 4.90 Å². The van der Waals surface area contributed by atoms with E-state index < -0.39 is 0 Å². The van der Waals surface area contributed by atoms with Crippen molar-refractivity contribution in [3.05, 3.63) is 29.8 Å². The highest BCUT2D eigenvalue weighted by Gasteiger charge is 2.30. The van der Waals surface area contributed by atoms with Crippen LogP contribution in [0.25, 0.3) is 0 Å². The van der Waals surface area contributed by atoms with E-state index in [1.54, 1.807) is 0 Å². The summed E-state index contributed by atoms with van der Waals surface area (Å²) in [6.07, 6.45) is 0.987. The van der Waals surface area contributed by atoms with Crippen molar-refractivity contribution in [2.24, 2.45) is 5.73 Å². The predicted molar refractivity (Wildman–Crippen MR) is 82.6 cm³/mol. The average molecular weight is 261 g/mol. The van der Waals surface area contributed by atoms with Gasteiger partial charge in [0.25, 0.3) is 0 Å². The standard InChI is InChI=1S/C16H27N3/c1-5-15(17)13-6-8-14(9-7-13)19-11-10-18(4)16(2,3)12-19/h6-9,15H,5,10-12,17H2,1-4H3/t15-/m0/s1. The lowest BCUT2D eigenvalue weighted by molar-refractivity contribution is 0.139. The molecule has 0 unspecified atom stereocenters. The normalized spacial score (nSPS) is 21.4. The van der Waals surface area contributed by atoms with Crippen LogP contribution in [0.4, 0.5) is 5.69 Å². The number of nitrogens with two attached hydrogens (primary N) is 1. The quantitative estimate of drug-likeness (QED) is 0.908. The second-order valence-electron chi connectivity index (χ2n) is 6.26. The van der Waals surface area contributed by atoms with E-state index in [4.69, 9.17) is 5.73 Å². The Hall–Kier alpha value is -1.06. The zero-order valence-electron chi connectivity index (χ0n) is 12.7. The summed E-state index contributed by atoms with van der Waals surface area (Å²) < 4.78 is 0. The van der Waals surface area contributed by atoms with Gasteiger partial charge in [-0.1, -0.05) is 19.1 Å². The van der Waals surface area contributed by atoms with E-state index in [-0.39, 0.29) is 11.6 Å². The van der Waals surface area contributed by atoms with Gasteiger partial charge in [0.1, 0.15) is 0 Å². The first kappa shape index (κ1) is 14.4. The lowest BCUT2D eigenvalue weighted by Crippen LogP contribution is -2.57. The molecule has 0 amide bonds. The van der Waals surface area contributed by atoms with E-state index >= 15 is 0 Å². The number of anilines is 1. The first-order chi connectivity index (χ1) is 8.94. The van der Waals surface area contributed by atoms with Crippen molar-refractivity contribution in [1.29, 1.82) is 0 Å². The van der Waals surface area contributed by atoms with E-state index in [1.807, 2.05) is 0 Å². The van der Waals surface area contributed by atoms with E-state index in [9.17, 15) is 0 Å². The summed E-state index contributed by atoms with van der Waals surface area (Å²) >= 11 is 0. The highest BCUT2D eigenvalue weighted by molar-refractivity contribution is 5.49. The number of hydrogen-bond acceptors (Lipinski definition) is 3. The molecule has 1 fully saturated rings. The van der Waals surface area contributed by atoms with Gasteiger partial charge in [0, 0.05) is 36.9 Å². The SMILES string of the molecule is CC[C@H](N)c1ccc(N2CCN(C)C(C)(C)C2)cc1. The number of likely N-dealkylation sites (N-methyl/N-ethyl adjacent to an activating group) is 1. The van der Waals surface area contributed by atoms with Gasteiger partial charge in [0.15, 0.2) is 0 Å². The average Bonchev–Trinajstić information content (AvgIpc) is 2.41. The topological polar surface area (TPSA) is 32.5 Å². The third-order valence-electron chi connectivity index (χ3n) is 4.44. The van der Waals surface area contributed by atoms with E-state index in [2.05, 4.69) is 61.9 Å². The Morgan fingerprint density at radius 2 is 1.84 bits per heavy atom. The molecule has 1 atom stereocenters. The van der Waals surface area contributed by atoms with Crippen LogP contribution in [0.1, 0.15) is 38.8 Å². The monoisotopic (exact) mass is 261 g/mol. The van der Waals surface area contributed by atoms with Gasteiger partial charge < -0.3 is 10.6 Å². The molecule has 3 heteroatoms. The molecule has 0 aromatic heterocycles. The molecule has 1 heterocycles. The number of rotatable bonds is 3. The van der Waals surface area contributed by atoms with Crippen molar-refractivity contribution in [3.63, 3.8) is 0 Å². The molecule has 1 aliphatic heterocycles. The fourth-order valence-corrected chi connectivity index (χ4v) is 2.63. The lowest BCUT2D eigenvalue weighted by Gasteiger charge is -2.46. The summed E-state index contributed by atoms with van der Waals surface area (Å²) in [7, 11) is 2.21. The minimum atomic E-state index is 0.165. The Bertz CT molecular complexity index is 411. The maximum Gasteiger partial charge on any atom is 0.0367 e. The number of nitrogens with zero attached hydrogens (tertiary/aromatic N) is 2. The van der Waals surface area contributed by atoms with Crippen molar-refractivity contribution in [2.75, 3.05) is 31.6 Å². The van der Waals surface area contributed by atoms with Gasteiger partial charge in [-0.2, -0.15) is 0 Å². The fourth-order valence-electron chi connectivity index (χ4n) is 2.63. The number of benzene rings is 1. The van der Waals surface area contributed by atoms with Gasteiger partial charge in [0.05, 0.1) is 0 Å². The molecule has 0 radical (unpaired) electrons.